The third kappa shape index (κ3) is 3.36. The van der Waals surface area contributed by atoms with E-state index in [2.05, 4.69) is 0 Å². The van der Waals surface area contributed by atoms with E-state index in [1.807, 2.05) is 0 Å². The average molecular weight is 338 g/mol. The molecule has 0 radical (unpaired) electrons. The third-order valence-electron chi connectivity index (χ3n) is 4.22. The van der Waals surface area contributed by atoms with Gasteiger partial charge in [0, 0.05) is 6.42 Å². The largest absolute Gasteiger partial charge is 0.469 e. The van der Waals surface area contributed by atoms with E-state index in [4.69, 9.17) is 13.9 Å². The molecule has 0 unspecified atom stereocenters. The van der Waals surface area contributed by atoms with Crippen LogP contribution in [0.2, 0.25) is 0 Å². The maximum Gasteiger partial charge on any atom is 0.317 e. The molecule has 2 rings (SSSR count). The summed E-state index contributed by atoms with van der Waals surface area (Å²) in [4.78, 5) is 37.3. The summed E-state index contributed by atoms with van der Waals surface area (Å²) in [5.41, 5.74) is -1.65. The molecule has 1 aliphatic rings. The maximum atomic E-state index is 12.5. The summed E-state index contributed by atoms with van der Waals surface area (Å²) in [6.45, 7) is 4.89. The first kappa shape index (κ1) is 18.2. The normalized spacial score (nSPS) is 30.0. The second kappa shape index (κ2) is 7.17. The second-order valence-electron chi connectivity index (χ2n) is 6.00. The molecule has 1 aromatic rings. The van der Waals surface area contributed by atoms with E-state index in [9.17, 15) is 19.5 Å². The molecule has 0 amide bonds. The first-order valence-corrected chi connectivity index (χ1v) is 7.95. The minimum Gasteiger partial charge on any atom is -0.469 e. The lowest BCUT2D eigenvalue weighted by Gasteiger charge is -2.42. The molecule has 0 saturated heterocycles. The van der Waals surface area contributed by atoms with Crippen molar-refractivity contribution in [3.63, 3.8) is 0 Å². The zero-order valence-electron chi connectivity index (χ0n) is 14.0. The van der Waals surface area contributed by atoms with Crippen LogP contribution < -0.4 is 0 Å². The van der Waals surface area contributed by atoms with Gasteiger partial charge in [0.25, 0.3) is 0 Å². The van der Waals surface area contributed by atoms with E-state index in [1.54, 1.807) is 26.0 Å². The maximum absolute atomic E-state index is 12.5. The number of Topliss-reactive ketones (excluding diaryl/α,β-unsaturated/α-hetero) is 1. The highest BCUT2D eigenvalue weighted by molar-refractivity contribution is 6.02. The van der Waals surface area contributed by atoms with Crippen molar-refractivity contribution in [3.8, 4) is 0 Å². The molecule has 1 saturated carbocycles. The molecule has 0 spiro atoms. The lowest BCUT2D eigenvalue weighted by Crippen LogP contribution is -2.55. The SMILES string of the molecule is CCOC(=O)[C@H]1C(=O)C[C@](C)(O)[C@H](C(=O)OCC)[C@@H]1c1ccco1. The van der Waals surface area contributed by atoms with Gasteiger partial charge in [0.2, 0.25) is 0 Å². The number of carbonyl (C=O) groups is 3. The first-order valence-electron chi connectivity index (χ1n) is 7.95. The van der Waals surface area contributed by atoms with Gasteiger partial charge in [-0.2, -0.15) is 0 Å². The van der Waals surface area contributed by atoms with Crippen LogP contribution in [-0.4, -0.2) is 41.6 Å². The number of ether oxygens (including phenoxy) is 2. The summed E-state index contributed by atoms with van der Waals surface area (Å²) in [6, 6.07) is 3.16. The predicted molar refractivity (Wildman–Crippen MR) is 81.9 cm³/mol. The highest BCUT2D eigenvalue weighted by Crippen LogP contribution is 2.46. The van der Waals surface area contributed by atoms with E-state index in [-0.39, 0.29) is 25.4 Å². The van der Waals surface area contributed by atoms with Crippen molar-refractivity contribution in [2.24, 2.45) is 11.8 Å². The van der Waals surface area contributed by atoms with Crippen molar-refractivity contribution in [2.75, 3.05) is 13.2 Å². The number of rotatable bonds is 5. The fraction of sp³-hybridized carbons (Fsp3) is 0.588. The number of hydrogen-bond acceptors (Lipinski definition) is 7. The van der Waals surface area contributed by atoms with Crippen molar-refractivity contribution in [2.45, 2.75) is 38.7 Å². The molecular weight excluding hydrogens is 316 g/mol. The Morgan fingerprint density at radius 1 is 1.29 bits per heavy atom. The molecular formula is C17H22O7. The molecule has 0 aromatic carbocycles. The van der Waals surface area contributed by atoms with Crippen LogP contribution in [0.25, 0.3) is 0 Å². The van der Waals surface area contributed by atoms with E-state index < -0.39 is 41.1 Å². The third-order valence-corrected chi connectivity index (χ3v) is 4.22. The summed E-state index contributed by atoms with van der Waals surface area (Å²) in [6.07, 6.45) is 1.05. The summed E-state index contributed by atoms with van der Waals surface area (Å²) in [7, 11) is 0. The van der Waals surface area contributed by atoms with Gasteiger partial charge in [-0.25, -0.2) is 0 Å². The number of furan rings is 1. The van der Waals surface area contributed by atoms with Crippen LogP contribution in [0.5, 0.6) is 0 Å². The van der Waals surface area contributed by atoms with Gasteiger partial charge in [0.05, 0.1) is 36.9 Å². The standard InChI is InChI=1S/C17H22O7/c1-4-22-15(19)12-10(18)9-17(3,21)14(16(20)23-5-2)13(12)11-7-6-8-24-11/h6-8,12-14,21H,4-5,9H2,1-3H3/t12-,13+,14-,17-/m0/s1. The Bertz CT molecular complexity index is 602. The smallest absolute Gasteiger partial charge is 0.317 e. The molecule has 0 aliphatic heterocycles. The van der Waals surface area contributed by atoms with Crippen molar-refractivity contribution in [1.29, 1.82) is 0 Å². The number of carbonyl (C=O) groups excluding carboxylic acids is 3. The molecule has 7 nitrogen and oxygen atoms in total. The minimum absolute atomic E-state index is 0.105. The van der Waals surface area contributed by atoms with Gasteiger partial charge in [0.1, 0.15) is 11.7 Å². The summed E-state index contributed by atoms with van der Waals surface area (Å²) in [5, 5.41) is 10.7. The minimum atomic E-state index is -1.65. The molecule has 7 heteroatoms. The van der Waals surface area contributed by atoms with E-state index >= 15 is 0 Å². The molecule has 1 fully saturated rings. The fourth-order valence-electron chi connectivity index (χ4n) is 3.30. The number of esters is 2. The van der Waals surface area contributed by atoms with Crippen molar-refractivity contribution >= 4 is 17.7 Å². The molecule has 1 N–H and O–H groups in total. The van der Waals surface area contributed by atoms with Gasteiger partial charge in [-0.15, -0.1) is 0 Å². The number of aliphatic hydroxyl groups is 1. The molecule has 4 atom stereocenters. The van der Waals surface area contributed by atoms with E-state index in [1.165, 1.54) is 13.2 Å². The Labute approximate surface area is 139 Å². The van der Waals surface area contributed by atoms with Crippen LogP contribution in [-0.2, 0) is 23.9 Å². The monoisotopic (exact) mass is 338 g/mol. The zero-order valence-corrected chi connectivity index (χ0v) is 14.0. The number of ketones is 1. The van der Waals surface area contributed by atoms with Crippen LogP contribution in [0.3, 0.4) is 0 Å². The second-order valence-corrected chi connectivity index (χ2v) is 6.00. The van der Waals surface area contributed by atoms with Gasteiger partial charge in [-0.05, 0) is 32.9 Å². The Morgan fingerprint density at radius 2 is 1.92 bits per heavy atom. The van der Waals surface area contributed by atoms with Gasteiger partial charge in [-0.3, -0.25) is 14.4 Å². The summed E-state index contributed by atoms with van der Waals surface area (Å²) < 4.78 is 15.4. The van der Waals surface area contributed by atoms with Crippen molar-refractivity contribution in [1.82, 2.24) is 0 Å². The van der Waals surface area contributed by atoms with Crippen molar-refractivity contribution < 1.29 is 33.4 Å². The average Bonchev–Trinajstić information content (AvgIpc) is 2.99. The summed E-state index contributed by atoms with van der Waals surface area (Å²) >= 11 is 0. The Balaban J connectivity index is 2.53. The van der Waals surface area contributed by atoms with Crippen LogP contribution >= 0.6 is 0 Å². The highest BCUT2D eigenvalue weighted by atomic mass is 16.5. The lowest BCUT2D eigenvalue weighted by atomic mass is 9.63. The predicted octanol–water partition coefficient (Wildman–Crippen LogP) is 1.45. The van der Waals surface area contributed by atoms with Gasteiger partial charge in [-0.1, -0.05) is 0 Å². The topological polar surface area (TPSA) is 103 Å². The molecule has 1 heterocycles. The molecule has 132 valence electrons. The Morgan fingerprint density at radius 3 is 2.46 bits per heavy atom. The first-order chi connectivity index (χ1) is 11.3. The van der Waals surface area contributed by atoms with E-state index in [0.29, 0.717) is 0 Å². The Kier molecular flexibility index (Phi) is 5.43. The highest BCUT2D eigenvalue weighted by Gasteiger charge is 2.58. The van der Waals surface area contributed by atoms with Crippen molar-refractivity contribution in [3.05, 3.63) is 24.2 Å². The number of hydrogen-bond donors (Lipinski definition) is 1. The van der Waals surface area contributed by atoms with Gasteiger partial charge < -0.3 is 19.0 Å². The van der Waals surface area contributed by atoms with Gasteiger partial charge in [0.15, 0.2) is 5.78 Å². The van der Waals surface area contributed by atoms with Crippen LogP contribution in [0.1, 0.15) is 38.9 Å². The van der Waals surface area contributed by atoms with Crippen LogP contribution in [0, 0.1) is 11.8 Å². The van der Waals surface area contributed by atoms with Crippen LogP contribution in [0.4, 0.5) is 0 Å². The van der Waals surface area contributed by atoms with Crippen LogP contribution in [0.15, 0.2) is 22.8 Å². The zero-order chi connectivity index (χ0) is 17.9. The molecule has 24 heavy (non-hydrogen) atoms. The molecule has 1 aromatic heterocycles. The lowest BCUT2D eigenvalue weighted by molar-refractivity contribution is -0.173. The van der Waals surface area contributed by atoms with E-state index in [0.717, 1.165) is 0 Å². The fourth-order valence-corrected chi connectivity index (χ4v) is 3.30. The summed E-state index contributed by atoms with van der Waals surface area (Å²) in [5.74, 6) is -4.94. The molecule has 0 bridgehead atoms. The molecule has 1 aliphatic carbocycles. The quantitative estimate of drug-likeness (QED) is 0.640. The Hall–Kier alpha value is -2.15. The van der Waals surface area contributed by atoms with Gasteiger partial charge >= 0.3 is 11.9 Å².